The Morgan fingerprint density at radius 1 is 1.02 bits per heavy atom. The van der Waals surface area contributed by atoms with E-state index in [9.17, 15) is 14.7 Å². The molecule has 2 N–H and O–H groups in total. The summed E-state index contributed by atoms with van der Waals surface area (Å²) >= 11 is 0. The molecule has 7 atom stereocenters. The number of esters is 1. The van der Waals surface area contributed by atoms with Crippen LogP contribution in [0, 0.1) is 28.6 Å². The highest BCUT2D eigenvalue weighted by Crippen LogP contribution is 2.63. The van der Waals surface area contributed by atoms with E-state index in [1.54, 1.807) is 0 Å². The van der Waals surface area contributed by atoms with Crippen molar-refractivity contribution in [3.63, 3.8) is 0 Å². The first-order valence-electron chi connectivity index (χ1n) is 16.7. The van der Waals surface area contributed by atoms with Crippen molar-refractivity contribution < 1.29 is 24.2 Å². The van der Waals surface area contributed by atoms with Crippen LogP contribution in [-0.4, -0.2) is 34.9 Å². The molecular weight excluding hydrogens is 550 g/mol. The van der Waals surface area contributed by atoms with Crippen molar-refractivity contribution in [2.75, 3.05) is 0 Å². The second-order valence-corrected chi connectivity index (χ2v) is 16.2. The van der Waals surface area contributed by atoms with E-state index in [1.165, 1.54) is 11.1 Å². The van der Waals surface area contributed by atoms with Gasteiger partial charge in [0.05, 0.1) is 6.10 Å². The van der Waals surface area contributed by atoms with Crippen LogP contribution in [0.5, 0.6) is 5.75 Å². The molecule has 0 aromatic heterocycles. The third kappa shape index (κ3) is 7.33. The highest BCUT2D eigenvalue weighted by atomic mass is 16.6. The van der Waals surface area contributed by atoms with E-state index >= 15 is 0 Å². The predicted molar refractivity (Wildman–Crippen MR) is 174 cm³/mol. The molecule has 1 amide bonds. The summed E-state index contributed by atoms with van der Waals surface area (Å²) in [5.74, 6) is 2.13. The van der Waals surface area contributed by atoms with Gasteiger partial charge in [0, 0.05) is 6.42 Å². The van der Waals surface area contributed by atoms with Gasteiger partial charge >= 0.3 is 12.1 Å². The Balaban J connectivity index is 1.35. The normalized spacial score (nSPS) is 28.7. The van der Waals surface area contributed by atoms with Gasteiger partial charge in [-0.2, -0.15) is 0 Å². The summed E-state index contributed by atoms with van der Waals surface area (Å²) in [6.07, 6.45) is 6.91. The topological polar surface area (TPSA) is 84.9 Å². The van der Waals surface area contributed by atoms with E-state index < -0.39 is 23.7 Å². The van der Waals surface area contributed by atoms with E-state index in [0.717, 1.165) is 50.5 Å². The zero-order valence-corrected chi connectivity index (χ0v) is 27.8. The average Bonchev–Trinajstić information content (AvgIpc) is 3.24. The van der Waals surface area contributed by atoms with Gasteiger partial charge in [-0.1, -0.05) is 64.1 Å². The van der Waals surface area contributed by atoms with Gasteiger partial charge in [-0.25, -0.2) is 9.59 Å². The van der Waals surface area contributed by atoms with E-state index in [-0.39, 0.29) is 16.9 Å². The average molecular weight is 604 g/mol. The van der Waals surface area contributed by atoms with Crippen LogP contribution in [0.2, 0.25) is 0 Å². The Morgan fingerprint density at radius 3 is 2.43 bits per heavy atom. The maximum absolute atomic E-state index is 13.2. The van der Waals surface area contributed by atoms with Gasteiger partial charge in [-0.05, 0) is 129 Å². The Hall–Kier alpha value is -2.86. The predicted octanol–water partition coefficient (Wildman–Crippen LogP) is 8.00. The number of aliphatic hydroxyl groups excluding tert-OH is 1. The van der Waals surface area contributed by atoms with Crippen molar-refractivity contribution in [3.05, 3.63) is 65.2 Å². The molecule has 240 valence electrons. The largest absolute Gasteiger partial charge is 0.458 e. The second kappa shape index (κ2) is 12.5. The van der Waals surface area contributed by atoms with Gasteiger partial charge in [0.1, 0.15) is 17.4 Å². The molecule has 2 aromatic carbocycles. The first kappa shape index (κ1) is 32.5. The molecular formula is C38H53NO5. The lowest BCUT2D eigenvalue weighted by atomic mass is 9.52. The molecule has 2 saturated carbocycles. The molecule has 2 fully saturated rings. The molecule has 44 heavy (non-hydrogen) atoms. The van der Waals surface area contributed by atoms with E-state index in [0.29, 0.717) is 35.8 Å². The highest BCUT2D eigenvalue weighted by Gasteiger charge is 2.56. The molecule has 3 aliphatic carbocycles. The second-order valence-electron chi connectivity index (χ2n) is 16.2. The maximum Gasteiger partial charge on any atom is 0.413 e. The number of amides is 1. The number of nitrogens with one attached hydrogen (secondary N) is 1. The summed E-state index contributed by atoms with van der Waals surface area (Å²) in [6.45, 7) is 14.7. The van der Waals surface area contributed by atoms with Crippen LogP contribution in [0.15, 0.2) is 48.5 Å². The van der Waals surface area contributed by atoms with Crippen molar-refractivity contribution in [2.24, 2.45) is 28.6 Å². The molecule has 0 heterocycles. The minimum Gasteiger partial charge on any atom is -0.458 e. The third-order valence-electron chi connectivity index (χ3n) is 10.6. The molecule has 0 radical (unpaired) electrons. The lowest BCUT2D eigenvalue weighted by Gasteiger charge is -2.53. The number of aliphatic hydroxyl groups is 1. The molecule has 0 aliphatic heterocycles. The van der Waals surface area contributed by atoms with Gasteiger partial charge in [0.2, 0.25) is 0 Å². The number of fused-ring (bicyclic) bond motifs is 5. The number of hydrogen-bond donors (Lipinski definition) is 2. The summed E-state index contributed by atoms with van der Waals surface area (Å²) < 4.78 is 11.4. The summed E-state index contributed by atoms with van der Waals surface area (Å²) in [7, 11) is 0. The SMILES string of the molecule is CC(C)(C)CCC1Cc2cc(OC(=O)NC(Cc3ccccc3)C(=O)OC(C)(C)C)ccc2C2CCC3(C)C(O)CCC3C12. The number of hydrogen-bond acceptors (Lipinski definition) is 5. The van der Waals surface area contributed by atoms with Gasteiger partial charge in [-0.15, -0.1) is 0 Å². The molecule has 6 nitrogen and oxygen atoms in total. The van der Waals surface area contributed by atoms with E-state index in [2.05, 4.69) is 39.1 Å². The van der Waals surface area contributed by atoms with E-state index in [4.69, 9.17) is 9.47 Å². The monoisotopic (exact) mass is 603 g/mol. The van der Waals surface area contributed by atoms with Crippen molar-refractivity contribution in [1.82, 2.24) is 5.32 Å². The van der Waals surface area contributed by atoms with Gasteiger partial charge in [0.25, 0.3) is 0 Å². The molecule has 2 aromatic rings. The van der Waals surface area contributed by atoms with Crippen LogP contribution in [0.1, 0.15) is 110 Å². The fraction of sp³-hybridized carbons (Fsp3) is 0.632. The first-order valence-corrected chi connectivity index (χ1v) is 16.7. The van der Waals surface area contributed by atoms with Crippen LogP contribution in [0.25, 0.3) is 0 Å². The summed E-state index contributed by atoms with van der Waals surface area (Å²) in [6, 6.07) is 14.8. The van der Waals surface area contributed by atoms with Crippen LogP contribution in [0.4, 0.5) is 4.79 Å². The van der Waals surface area contributed by atoms with Gasteiger partial charge in [0.15, 0.2) is 0 Å². The summed E-state index contributed by atoms with van der Waals surface area (Å²) in [5.41, 5.74) is 3.18. The van der Waals surface area contributed by atoms with Crippen LogP contribution in [-0.2, 0) is 22.4 Å². The van der Waals surface area contributed by atoms with Crippen molar-refractivity contribution in [2.45, 2.75) is 123 Å². The van der Waals surface area contributed by atoms with Crippen molar-refractivity contribution in [3.8, 4) is 5.75 Å². The molecule has 6 heteroatoms. The summed E-state index contributed by atoms with van der Waals surface area (Å²) in [5, 5.41) is 13.8. The third-order valence-corrected chi connectivity index (χ3v) is 10.6. The number of rotatable bonds is 7. The Labute approximate surface area is 264 Å². The van der Waals surface area contributed by atoms with Crippen molar-refractivity contribution >= 4 is 12.1 Å². The number of carbonyl (C=O) groups excluding carboxylic acids is 2. The fourth-order valence-corrected chi connectivity index (χ4v) is 8.40. The molecule has 0 saturated heterocycles. The van der Waals surface area contributed by atoms with E-state index in [1.807, 2.05) is 63.2 Å². The molecule has 5 rings (SSSR count). The maximum atomic E-state index is 13.2. The number of carbonyl (C=O) groups is 2. The van der Waals surface area contributed by atoms with Crippen LogP contribution < -0.4 is 10.1 Å². The zero-order chi connectivity index (χ0) is 31.9. The molecule has 0 bridgehead atoms. The van der Waals surface area contributed by atoms with Crippen LogP contribution >= 0.6 is 0 Å². The Bertz CT molecular complexity index is 1320. The fourth-order valence-electron chi connectivity index (χ4n) is 8.40. The zero-order valence-electron chi connectivity index (χ0n) is 27.8. The minimum atomic E-state index is -0.873. The standard InChI is InChI=1S/C38H53NO5/c1-36(2,3)19-17-25-22-26-23-27(13-14-28(26)29-18-20-38(7)30(33(25)29)15-16-32(38)40)43-35(42)39-31(34(41)44-37(4,5)6)21-24-11-9-8-10-12-24/h8-14,23,25,29-33,40H,15-22H2,1-7H3,(H,39,42). The van der Waals surface area contributed by atoms with Gasteiger partial charge in [-0.3, -0.25) is 0 Å². The Kier molecular flexibility index (Phi) is 9.24. The molecule has 0 spiro atoms. The first-order chi connectivity index (χ1) is 20.6. The number of ether oxygens (including phenoxy) is 2. The lowest BCUT2D eigenvalue weighted by Crippen LogP contribution is -2.47. The number of benzene rings is 2. The van der Waals surface area contributed by atoms with Crippen molar-refractivity contribution in [1.29, 1.82) is 0 Å². The lowest BCUT2D eigenvalue weighted by molar-refractivity contribution is -0.157. The summed E-state index contributed by atoms with van der Waals surface area (Å²) in [4.78, 5) is 26.2. The Morgan fingerprint density at radius 2 is 1.75 bits per heavy atom. The highest BCUT2D eigenvalue weighted by molar-refractivity contribution is 5.82. The van der Waals surface area contributed by atoms with Crippen LogP contribution in [0.3, 0.4) is 0 Å². The molecule has 7 unspecified atom stereocenters. The minimum absolute atomic E-state index is 0.0181. The quantitative estimate of drug-likeness (QED) is 0.313. The van der Waals surface area contributed by atoms with Gasteiger partial charge < -0.3 is 19.9 Å². The smallest absolute Gasteiger partial charge is 0.413 e. The molecule has 3 aliphatic rings.